The number of nitrogens with one attached hydrogen (secondary N) is 1. The molecule has 1 N–H and O–H groups in total. The smallest absolute Gasteiger partial charge is 0.261 e. The SMILES string of the molecule is CS(=O)(=O)c1ccc(C2=C(CNC(=O)c3cccs3)[C@H]3CC[C@@H](C2)N3Cc2ccccc2)cc1. The molecule has 1 saturated heterocycles. The van der Waals surface area contributed by atoms with Gasteiger partial charge < -0.3 is 5.32 Å². The minimum absolute atomic E-state index is 0.0518. The number of amides is 1. The first-order chi connectivity index (χ1) is 16.4. The number of rotatable bonds is 7. The number of carbonyl (C=O) groups excluding carboxylic acids is 1. The number of carbonyl (C=O) groups is 1. The number of hydrogen-bond acceptors (Lipinski definition) is 5. The van der Waals surface area contributed by atoms with Crippen molar-refractivity contribution >= 4 is 32.7 Å². The molecule has 0 saturated carbocycles. The molecular weight excluding hydrogens is 464 g/mol. The monoisotopic (exact) mass is 492 g/mol. The molecule has 7 heteroatoms. The molecular formula is C27H28N2O3S2. The first-order valence-corrected chi connectivity index (χ1v) is 14.3. The maximum absolute atomic E-state index is 12.7. The van der Waals surface area contributed by atoms with Crippen LogP contribution in [0.25, 0.3) is 5.57 Å². The van der Waals surface area contributed by atoms with E-state index < -0.39 is 9.84 Å². The third-order valence-electron chi connectivity index (χ3n) is 6.90. The normalized spacial score (nSPS) is 20.5. The van der Waals surface area contributed by atoms with Gasteiger partial charge in [-0.1, -0.05) is 48.5 Å². The van der Waals surface area contributed by atoms with E-state index in [1.165, 1.54) is 34.3 Å². The summed E-state index contributed by atoms with van der Waals surface area (Å²) >= 11 is 1.44. The summed E-state index contributed by atoms with van der Waals surface area (Å²) in [5, 5.41) is 5.06. The first-order valence-electron chi connectivity index (χ1n) is 11.5. The Kier molecular flexibility index (Phi) is 6.42. The van der Waals surface area contributed by atoms with E-state index in [0.717, 1.165) is 31.4 Å². The molecule has 2 aliphatic heterocycles. The zero-order chi connectivity index (χ0) is 23.7. The fraction of sp³-hybridized carbons (Fsp3) is 0.296. The second-order valence-corrected chi connectivity index (χ2v) is 12.0. The van der Waals surface area contributed by atoms with Crippen LogP contribution in [0.5, 0.6) is 0 Å². The lowest BCUT2D eigenvalue weighted by atomic mass is 9.88. The molecule has 5 nitrogen and oxygen atoms in total. The van der Waals surface area contributed by atoms with Gasteiger partial charge in [0, 0.05) is 31.4 Å². The molecule has 2 aromatic carbocycles. The van der Waals surface area contributed by atoms with E-state index in [9.17, 15) is 13.2 Å². The Morgan fingerprint density at radius 1 is 1.03 bits per heavy atom. The number of sulfone groups is 1. The van der Waals surface area contributed by atoms with Crippen LogP contribution in [0.2, 0.25) is 0 Å². The highest BCUT2D eigenvalue weighted by atomic mass is 32.2. The van der Waals surface area contributed by atoms with Crippen molar-refractivity contribution < 1.29 is 13.2 Å². The second kappa shape index (κ2) is 9.49. The van der Waals surface area contributed by atoms with Crippen LogP contribution >= 0.6 is 11.3 Å². The van der Waals surface area contributed by atoms with Crippen LogP contribution in [-0.2, 0) is 16.4 Å². The molecule has 2 bridgehead atoms. The van der Waals surface area contributed by atoms with Crippen molar-refractivity contribution in [1.29, 1.82) is 0 Å². The third kappa shape index (κ3) is 4.73. The average Bonchev–Trinajstić information content (AvgIpc) is 3.46. The van der Waals surface area contributed by atoms with E-state index in [2.05, 4.69) is 34.5 Å². The Bertz CT molecular complexity index is 1300. The summed E-state index contributed by atoms with van der Waals surface area (Å²) in [4.78, 5) is 16.3. The van der Waals surface area contributed by atoms with Gasteiger partial charge in [-0.3, -0.25) is 9.69 Å². The molecule has 2 aliphatic rings. The number of hydrogen-bond donors (Lipinski definition) is 1. The molecule has 1 fully saturated rings. The van der Waals surface area contributed by atoms with E-state index >= 15 is 0 Å². The van der Waals surface area contributed by atoms with Crippen LogP contribution in [0.1, 0.15) is 40.1 Å². The predicted molar refractivity (Wildman–Crippen MR) is 137 cm³/mol. The largest absolute Gasteiger partial charge is 0.348 e. The fourth-order valence-corrected chi connectivity index (χ4v) is 6.50. The van der Waals surface area contributed by atoms with Crippen molar-refractivity contribution in [3.8, 4) is 0 Å². The van der Waals surface area contributed by atoms with E-state index in [1.54, 1.807) is 12.1 Å². The molecule has 0 spiro atoms. The lowest BCUT2D eigenvalue weighted by Gasteiger charge is -2.38. The lowest BCUT2D eigenvalue weighted by Crippen LogP contribution is -2.43. The van der Waals surface area contributed by atoms with Gasteiger partial charge in [-0.2, -0.15) is 0 Å². The highest BCUT2D eigenvalue weighted by Gasteiger charge is 2.41. The molecule has 1 aromatic heterocycles. The van der Waals surface area contributed by atoms with Gasteiger partial charge in [-0.05, 0) is 65.1 Å². The topological polar surface area (TPSA) is 66.5 Å². The van der Waals surface area contributed by atoms with Gasteiger partial charge in [-0.25, -0.2) is 8.42 Å². The lowest BCUT2D eigenvalue weighted by molar-refractivity contribution is 0.0958. The van der Waals surface area contributed by atoms with E-state index in [1.807, 2.05) is 35.7 Å². The van der Waals surface area contributed by atoms with E-state index in [4.69, 9.17) is 0 Å². The van der Waals surface area contributed by atoms with Gasteiger partial charge in [0.05, 0.1) is 9.77 Å². The highest BCUT2D eigenvalue weighted by molar-refractivity contribution is 7.90. The van der Waals surface area contributed by atoms with Crippen LogP contribution in [0.3, 0.4) is 0 Å². The number of fused-ring (bicyclic) bond motifs is 2. The van der Waals surface area contributed by atoms with Crippen LogP contribution in [0, 0.1) is 0 Å². The number of thiophene rings is 1. The second-order valence-electron chi connectivity index (χ2n) is 9.07. The standard InChI is InChI=1S/C27H28N2O3S2/c1-34(31,32)22-12-9-20(10-13-22)23-16-21-11-14-25(29(21)18-19-6-3-2-4-7-19)24(23)17-28-27(30)26-8-5-15-33-26/h2-10,12-13,15,21,25H,11,14,16-18H2,1H3,(H,28,30)/t21-,25+/m0/s1. The summed E-state index contributed by atoms with van der Waals surface area (Å²) in [6.45, 7) is 1.38. The molecule has 176 valence electrons. The van der Waals surface area contributed by atoms with Gasteiger partial charge in [0.2, 0.25) is 0 Å². The third-order valence-corrected chi connectivity index (χ3v) is 8.89. The summed E-state index contributed by atoms with van der Waals surface area (Å²) in [6, 6.07) is 22.2. The van der Waals surface area contributed by atoms with Gasteiger partial charge in [0.15, 0.2) is 9.84 Å². The van der Waals surface area contributed by atoms with Gasteiger partial charge in [-0.15, -0.1) is 11.3 Å². The van der Waals surface area contributed by atoms with Crippen LogP contribution in [0.15, 0.2) is 82.6 Å². The van der Waals surface area contributed by atoms with Crippen molar-refractivity contribution in [2.24, 2.45) is 0 Å². The maximum Gasteiger partial charge on any atom is 0.261 e. The quantitative estimate of drug-likeness (QED) is 0.516. The Morgan fingerprint density at radius 2 is 1.79 bits per heavy atom. The van der Waals surface area contributed by atoms with Crippen LogP contribution < -0.4 is 5.32 Å². The number of nitrogens with zero attached hydrogens (tertiary/aromatic N) is 1. The van der Waals surface area contributed by atoms with Crippen molar-refractivity contribution in [3.05, 3.63) is 93.7 Å². The van der Waals surface area contributed by atoms with Crippen LogP contribution in [0.4, 0.5) is 0 Å². The molecule has 3 heterocycles. The fourth-order valence-electron chi connectivity index (χ4n) is 5.23. The van der Waals surface area contributed by atoms with Gasteiger partial charge in [0.25, 0.3) is 5.91 Å². The minimum atomic E-state index is -3.24. The Morgan fingerprint density at radius 3 is 2.47 bits per heavy atom. The summed E-state index contributed by atoms with van der Waals surface area (Å²) < 4.78 is 23.9. The molecule has 3 aromatic rings. The van der Waals surface area contributed by atoms with Crippen LogP contribution in [-0.4, -0.2) is 44.1 Å². The molecule has 0 unspecified atom stereocenters. The molecule has 34 heavy (non-hydrogen) atoms. The van der Waals surface area contributed by atoms with Crippen molar-refractivity contribution in [1.82, 2.24) is 10.2 Å². The number of benzene rings is 2. The summed E-state index contributed by atoms with van der Waals surface area (Å²) in [6.07, 6.45) is 4.30. The zero-order valence-electron chi connectivity index (χ0n) is 19.1. The Hall–Kier alpha value is -2.74. The van der Waals surface area contributed by atoms with Gasteiger partial charge >= 0.3 is 0 Å². The van der Waals surface area contributed by atoms with Crippen molar-refractivity contribution in [2.75, 3.05) is 12.8 Å². The first kappa shape index (κ1) is 23.0. The molecule has 5 rings (SSSR count). The Balaban J connectivity index is 1.47. The Labute approximate surface area is 205 Å². The summed E-state index contributed by atoms with van der Waals surface area (Å²) in [7, 11) is -3.24. The minimum Gasteiger partial charge on any atom is -0.348 e. The highest BCUT2D eigenvalue weighted by Crippen LogP contribution is 2.43. The molecule has 2 atom stereocenters. The maximum atomic E-state index is 12.7. The van der Waals surface area contributed by atoms with Crippen molar-refractivity contribution in [2.45, 2.75) is 42.8 Å². The molecule has 1 amide bonds. The van der Waals surface area contributed by atoms with E-state index in [0.29, 0.717) is 22.4 Å². The average molecular weight is 493 g/mol. The molecule has 0 radical (unpaired) electrons. The van der Waals surface area contributed by atoms with E-state index in [-0.39, 0.29) is 11.9 Å². The summed E-state index contributed by atoms with van der Waals surface area (Å²) in [5.41, 5.74) is 4.82. The van der Waals surface area contributed by atoms with Gasteiger partial charge in [0.1, 0.15) is 0 Å². The zero-order valence-corrected chi connectivity index (χ0v) is 20.7. The van der Waals surface area contributed by atoms with Crippen molar-refractivity contribution in [3.63, 3.8) is 0 Å². The summed E-state index contributed by atoms with van der Waals surface area (Å²) in [5.74, 6) is -0.0518. The molecule has 0 aliphatic carbocycles. The predicted octanol–water partition coefficient (Wildman–Crippen LogP) is 4.77.